The van der Waals surface area contributed by atoms with Gasteiger partial charge in [0.1, 0.15) is 6.04 Å². The van der Waals surface area contributed by atoms with Crippen LogP contribution in [-0.4, -0.2) is 74.8 Å². The van der Waals surface area contributed by atoms with Crippen molar-refractivity contribution in [3.8, 4) is 0 Å². The minimum Gasteiger partial charge on any atom is -0.394 e. The van der Waals surface area contributed by atoms with Crippen molar-refractivity contribution in [2.75, 3.05) is 36.5 Å². The van der Waals surface area contributed by atoms with Crippen LogP contribution in [0.5, 0.6) is 0 Å². The van der Waals surface area contributed by atoms with E-state index in [1.807, 2.05) is 61.5 Å². The molecule has 3 fully saturated rings. The van der Waals surface area contributed by atoms with E-state index >= 15 is 0 Å². The van der Waals surface area contributed by atoms with E-state index in [0.29, 0.717) is 18.7 Å². The number of carbonyl (C=O) groups is 3. The number of nitrogens with zero attached hydrogens (tertiary/aromatic N) is 2. The number of anilines is 2. The molecule has 2 bridgehead atoms. The number of amides is 3. The molecule has 0 aromatic heterocycles. The van der Waals surface area contributed by atoms with Crippen LogP contribution >= 0.6 is 27.7 Å². The Morgan fingerprint density at radius 3 is 2.39 bits per heavy atom. The van der Waals surface area contributed by atoms with Crippen molar-refractivity contribution in [1.82, 2.24) is 10.2 Å². The second-order valence-electron chi connectivity index (χ2n) is 11.0. The summed E-state index contributed by atoms with van der Waals surface area (Å²) in [6.07, 6.45) is 1.38. The van der Waals surface area contributed by atoms with Crippen molar-refractivity contribution in [1.29, 1.82) is 0 Å². The van der Waals surface area contributed by atoms with Crippen molar-refractivity contribution < 1.29 is 19.5 Å². The molecule has 1 spiro atoms. The molecule has 3 N–H and O–H groups in total. The molecule has 2 aromatic rings. The summed E-state index contributed by atoms with van der Waals surface area (Å²) >= 11 is 5.40. The monoisotopic (exact) mass is 642 g/mol. The van der Waals surface area contributed by atoms with Crippen LogP contribution in [-0.2, 0) is 14.4 Å². The number of alkyl halides is 1. The first kappa shape index (κ1) is 29.9. The highest BCUT2D eigenvalue weighted by atomic mass is 79.9. The lowest BCUT2D eigenvalue weighted by Crippen LogP contribution is -2.53. The number of benzene rings is 2. The first-order valence-corrected chi connectivity index (χ1v) is 16.3. The maximum atomic E-state index is 14.4. The Morgan fingerprint density at radius 1 is 1.10 bits per heavy atom. The zero-order chi connectivity index (χ0) is 29.3. The van der Waals surface area contributed by atoms with E-state index in [2.05, 4.69) is 45.3 Å². The van der Waals surface area contributed by atoms with Crippen molar-refractivity contribution in [2.24, 2.45) is 11.8 Å². The number of aliphatic hydroxyl groups excluding tert-OH is 1. The third kappa shape index (κ3) is 5.16. The van der Waals surface area contributed by atoms with Crippen LogP contribution in [0.2, 0.25) is 0 Å². The summed E-state index contributed by atoms with van der Waals surface area (Å²) in [4.78, 5) is 46.0. The minimum atomic E-state index is -0.862. The molecule has 3 saturated heterocycles. The summed E-state index contributed by atoms with van der Waals surface area (Å²) in [7, 11) is 0. The van der Waals surface area contributed by atoms with Crippen molar-refractivity contribution >= 4 is 56.8 Å². The molecule has 0 saturated carbocycles. The van der Waals surface area contributed by atoms with Gasteiger partial charge < -0.3 is 25.5 Å². The first-order chi connectivity index (χ1) is 19.8. The number of aliphatic hydroxyl groups is 1. The Labute approximate surface area is 254 Å². The van der Waals surface area contributed by atoms with Gasteiger partial charge in [-0.25, -0.2) is 0 Å². The van der Waals surface area contributed by atoms with Gasteiger partial charge in [-0.1, -0.05) is 53.2 Å². The van der Waals surface area contributed by atoms with Gasteiger partial charge in [0.15, 0.2) is 0 Å². The number of halogens is 1. The largest absolute Gasteiger partial charge is 0.394 e. The molecule has 3 aliphatic rings. The Morgan fingerprint density at radius 2 is 1.78 bits per heavy atom. The molecule has 3 unspecified atom stereocenters. The molecule has 220 valence electrons. The van der Waals surface area contributed by atoms with Gasteiger partial charge in [-0.05, 0) is 56.5 Å². The maximum Gasteiger partial charge on any atom is 0.248 e. The predicted molar refractivity (Wildman–Crippen MR) is 167 cm³/mol. The lowest BCUT2D eigenvalue weighted by molar-refractivity contribution is -0.142. The molecule has 7 atom stereocenters. The standard InChI is InChI=1S/C31H39BrN4O4S/c1-4-16-33-28(38)24-25-30(40)36(23(18-37)19-10-8-7-9-11-19)27(31(25)17-22(32)26(24)41-31)29(39)34-20-12-14-21(15-13-20)35(5-2)6-3/h7-15,22-27,37H,4-6,16-18H2,1-3H3,(H,33,38)(H,34,39)/t22?,23-,24+,25+,26+,27?,31?/m1/s1. The van der Waals surface area contributed by atoms with E-state index in [-0.39, 0.29) is 34.4 Å². The Hall–Kier alpha value is -2.56. The van der Waals surface area contributed by atoms with Crippen molar-refractivity contribution in [3.05, 3.63) is 60.2 Å². The lowest BCUT2D eigenvalue weighted by atomic mass is 9.70. The van der Waals surface area contributed by atoms with Gasteiger partial charge in [0.2, 0.25) is 17.7 Å². The van der Waals surface area contributed by atoms with Gasteiger partial charge in [-0.2, -0.15) is 0 Å². The van der Waals surface area contributed by atoms with Crippen molar-refractivity contribution in [2.45, 2.75) is 60.5 Å². The number of rotatable bonds is 11. The summed E-state index contributed by atoms with van der Waals surface area (Å²) in [6, 6.07) is 15.5. The Kier molecular flexibility index (Phi) is 9.01. The predicted octanol–water partition coefficient (Wildman–Crippen LogP) is 4.20. The van der Waals surface area contributed by atoms with E-state index in [1.54, 1.807) is 16.7 Å². The minimum absolute atomic E-state index is 0.0122. The molecule has 2 aromatic carbocycles. The number of hydrogen-bond donors (Lipinski definition) is 3. The number of fused-ring (bicyclic) bond motifs is 1. The van der Waals surface area contributed by atoms with Crippen LogP contribution in [0, 0.1) is 11.8 Å². The molecular formula is C31H39BrN4O4S. The number of carbonyl (C=O) groups excluding carboxylic acids is 3. The summed E-state index contributed by atoms with van der Waals surface area (Å²) in [5.41, 5.74) is 2.47. The highest BCUT2D eigenvalue weighted by molar-refractivity contribution is 9.09. The van der Waals surface area contributed by atoms with Crippen LogP contribution in [0.3, 0.4) is 0 Å². The second kappa shape index (κ2) is 12.4. The highest BCUT2D eigenvalue weighted by Crippen LogP contribution is 2.68. The third-order valence-corrected chi connectivity index (χ3v) is 12.0. The van der Waals surface area contributed by atoms with Crippen molar-refractivity contribution in [3.63, 3.8) is 0 Å². The topological polar surface area (TPSA) is 102 Å². The normalized spacial score (nSPS) is 28.9. The fraction of sp³-hybridized carbons (Fsp3) is 0.516. The van der Waals surface area contributed by atoms with Gasteiger partial charge in [0.25, 0.3) is 0 Å². The second-order valence-corrected chi connectivity index (χ2v) is 13.7. The molecule has 10 heteroatoms. The number of thioether (sulfide) groups is 1. The summed E-state index contributed by atoms with van der Waals surface area (Å²) in [5, 5.41) is 16.6. The SMILES string of the molecule is CCCNC(=O)[C@H]1[C@H]2C(=O)N([C@H](CO)c3ccccc3)C(C(=O)Nc3ccc(N(CC)CC)cc3)C23CC(Br)[C@@H]1S3. The lowest BCUT2D eigenvalue weighted by Gasteiger charge is -2.37. The Balaban J connectivity index is 1.53. The molecule has 5 rings (SSSR count). The molecule has 3 amide bonds. The van der Waals surface area contributed by atoms with Crippen LogP contribution in [0.4, 0.5) is 11.4 Å². The average Bonchev–Trinajstić information content (AvgIpc) is 3.58. The molecular weight excluding hydrogens is 604 g/mol. The molecule has 0 radical (unpaired) electrons. The highest BCUT2D eigenvalue weighted by Gasteiger charge is 2.76. The van der Waals surface area contributed by atoms with E-state index in [1.165, 1.54) is 0 Å². The molecule has 41 heavy (non-hydrogen) atoms. The molecule has 3 heterocycles. The maximum absolute atomic E-state index is 14.4. The zero-order valence-corrected chi connectivity index (χ0v) is 26.2. The Bertz CT molecular complexity index is 1260. The van der Waals surface area contributed by atoms with Gasteiger partial charge in [0, 0.05) is 41.1 Å². The van der Waals surface area contributed by atoms with Gasteiger partial charge in [0.05, 0.1) is 29.2 Å². The van der Waals surface area contributed by atoms with E-state index < -0.39 is 28.7 Å². The first-order valence-electron chi connectivity index (χ1n) is 14.5. The molecule has 0 aliphatic carbocycles. The fourth-order valence-electron chi connectivity index (χ4n) is 6.95. The van der Waals surface area contributed by atoms with E-state index in [4.69, 9.17) is 0 Å². The quantitative estimate of drug-likeness (QED) is 0.318. The summed E-state index contributed by atoms with van der Waals surface area (Å²) in [6.45, 7) is 8.16. The molecule has 8 nitrogen and oxygen atoms in total. The average molecular weight is 644 g/mol. The van der Waals surface area contributed by atoms with Crippen LogP contribution < -0.4 is 15.5 Å². The van der Waals surface area contributed by atoms with Gasteiger partial charge >= 0.3 is 0 Å². The zero-order valence-electron chi connectivity index (χ0n) is 23.8. The van der Waals surface area contributed by atoms with Crippen LogP contribution in [0.1, 0.15) is 45.2 Å². The summed E-state index contributed by atoms with van der Waals surface area (Å²) < 4.78 is -0.794. The molecule has 3 aliphatic heterocycles. The number of nitrogens with one attached hydrogen (secondary N) is 2. The fourth-order valence-corrected chi connectivity index (χ4v) is 10.6. The van der Waals surface area contributed by atoms with Gasteiger partial charge in [-0.15, -0.1) is 11.8 Å². The number of hydrogen-bond acceptors (Lipinski definition) is 6. The number of likely N-dealkylation sites (tertiary alicyclic amines) is 1. The van der Waals surface area contributed by atoms with Crippen LogP contribution in [0.15, 0.2) is 54.6 Å². The summed E-state index contributed by atoms with van der Waals surface area (Å²) in [5.74, 6) is -1.88. The van der Waals surface area contributed by atoms with Crippen LogP contribution in [0.25, 0.3) is 0 Å². The smallest absolute Gasteiger partial charge is 0.248 e. The van der Waals surface area contributed by atoms with E-state index in [0.717, 1.165) is 30.8 Å². The third-order valence-electron chi connectivity index (χ3n) is 8.78. The van der Waals surface area contributed by atoms with E-state index in [9.17, 15) is 19.5 Å². The van der Waals surface area contributed by atoms with Gasteiger partial charge in [-0.3, -0.25) is 14.4 Å².